The zero-order chi connectivity index (χ0) is 14.7. The predicted octanol–water partition coefficient (Wildman–Crippen LogP) is 5.51. The summed E-state index contributed by atoms with van der Waals surface area (Å²) in [5, 5.41) is 0.619. The van der Waals surface area contributed by atoms with Gasteiger partial charge in [0.05, 0.1) is 10.0 Å². The zero-order valence-electron chi connectivity index (χ0n) is 10.7. The molecule has 0 aromatic heterocycles. The number of hydrogen-bond acceptors (Lipinski definition) is 1. The van der Waals surface area contributed by atoms with Gasteiger partial charge in [-0.25, -0.2) is 8.78 Å². The molecule has 2 aromatic rings. The van der Waals surface area contributed by atoms with E-state index in [2.05, 4.69) is 31.9 Å². The Labute approximate surface area is 133 Å². The van der Waals surface area contributed by atoms with Gasteiger partial charge in [-0.1, -0.05) is 33.6 Å². The van der Waals surface area contributed by atoms with Crippen LogP contribution < -0.4 is 4.74 Å². The molecule has 0 N–H and O–H groups in total. The minimum atomic E-state index is -0.627. The topological polar surface area (TPSA) is 9.23 Å². The predicted molar refractivity (Wildman–Crippen MR) is 82.2 cm³/mol. The second-order valence-electron chi connectivity index (χ2n) is 4.36. The fourth-order valence-corrected chi connectivity index (χ4v) is 2.61. The van der Waals surface area contributed by atoms with Gasteiger partial charge in [-0.15, -0.1) is 0 Å². The Morgan fingerprint density at radius 3 is 2.60 bits per heavy atom. The third-order valence-electron chi connectivity index (χ3n) is 2.87. The molecule has 0 saturated carbocycles. The lowest BCUT2D eigenvalue weighted by Crippen LogP contribution is -2.04. The highest BCUT2D eigenvalue weighted by atomic mass is 79.9. The van der Waals surface area contributed by atoms with Crippen LogP contribution in [0.4, 0.5) is 8.78 Å². The third-order valence-corrected chi connectivity index (χ3v) is 4.09. The largest absolute Gasteiger partial charge is 0.488 e. The quantitative estimate of drug-likeness (QED) is 0.481. The summed E-state index contributed by atoms with van der Waals surface area (Å²) in [5.41, 5.74) is 1.97. The summed E-state index contributed by atoms with van der Waals surface area (Å²) in [6.07, 6.45) is 0. The first-order valence-corrected chi connectivity index (χ1v) is 7.85. The number of halogens is 4. The molecule has 0 fully saturated rings. The second kappa shape index (κ2) is 6.68. The van der Waals surface area contributed by atoms with Crippen LogP contribution in [0.3, 0.4) is 0 Å². The van der Waals surface area contributed by atoms with E-state index >= 15 is 0 Å². The molecule has 0 saturated heterocycles. The first-order valence-electron chi connectivity index (χ1n) is 5.93. The average Bonchev–Trinajstić information content (AvgIpc) is 2.44. The van der Waals surface area contributed by atoms with Crippen LogP contribution in [0.25, 0.3) is 0 Å². The maximum Gasteiger partial charge on any atom is 0.146 e. The molecule has 0 unspecified atom stereocenters. The molecule has 0 heterocycles. The number of benzene rings is 2. The average molecular weight is 406 g/mol. The fourth-order valence-electron chi connectivity index (χ4n) is 1.80. The van der Waals surface area contributed by atoms with Gasteiger partial charge in [0.15, 0.2) is 0 Å². The molecule has 5 heteroatoms. The summed E-state index contributed by atoms with van der Waals surface area (Å²) in [4.78, 5) is 0. The molecule has 20 heavy (non-hydrogen) atoms. The summed E-state index contributed by atoms with van der Waals surface area (Å²) >= 11 is 6.41. The van der Waals surface area contributed by atoms with Gasteiger partial charge in [-0.2, -0.15) is 0 Å². The minimum absolute atomic E-state index is 0.0829. The molecular weight excluding hydrogens is 394 g/mol. The minimum Gasteiger partial charge on any atom is -0.488 e. The van der Waals surface area contributed by atoms with Crippen LogP contribution >= 0.6 is 31.9 Å². The Bertz CT molecular complexity index is 630. The van der Waals surface area contributed by atoms with E-state index in [-0.39, 0.29) is 16.6 Å². The highest BCUT2D eigenvalue weighted by Crippen LogP contribution is 2.26. The summed E-state index contributed by atoms with van der Waals surface area (Å²) in [7, 11) is 0. The monoisotopic (exact) mass is 404 g/mol. The van der Waals surface area contributed by atoms with Gasteiger partial charge in [0.25, 0.3) is 0 Å². The van der Waals surface area contributed by atoms with Crippen molar-refractivity contribution in [2.24, 2.45) is 0 Å². The number of alkyl halides is 1. The maximum absolute atomic E-state index is 13.8. The van der Waals surface area contributed by atoms with Crippen LogP contribution in [0.1, 0.15) is 16.7 Å². The molecule has 1 nitrogen and oxygen atoms in total. The number of ether oxygens (including phenoxy) is 1. The van der Waals surface area contributed by atoms with E-state index < -0.39 is 11.6 Å². The van der Waals surface area contributed by atoms with E-state index in [1.54, 1.807) is 6.07 Å². The van der Waals surface area contributed by atoms with Crippen molar-refractivity contribution < 1.29 is 13.5 Å². The van der Waals surface area contributed by atoms with Gasteiger partial charge in [0.2, 0.25) is 0 Å². The molecule has 0 bridgehead atoms. The molecule has 0 amide bonds. The maximum atomic E-state index is 13.8. The smallest absolute Gasteiger partial charge is 0.146 e. The summed E-state index contributed by atoms with van der Waals surface area (Å²) in [6, 6.07) is 8.23. The Balaban J connectivity index is 2.23. The zero-order valence-corrected chi connectivity index (χ0v) is 13.9. The van der Waals surface area contributed by atoms with Crippen molar-refractivity contribution in [1.29, 1.82) is 0 Å². The van der Waals surface area contributed by atoms with Crippen molar-refractivity contribution in [3.8, 4) is 5.75 Å². The van der Waals surface area contributed by atoms with Crippen molar-refractivity contribution in [2.75, 3.05) is 0 Å². The fraction of sp³-hybridized carbons (Fsp3) is 0.200. The molecule has 106 valence electrons. The Morgan fingerprint density at radius 2 is 1.90 bits per heavy atom. The lowest BCUT2D eigenvalue weighted by atomic mass is 10.1. The van der Waals surface area contributed by atoms with E-state index in [4.69, 9.17) is 4.74 Å². The number of rotatable bonds is 4. The van der Waals surface area contributed by atoms with E-state index in [9.17, 15) is 8.78 Å². The highest BCUT2D eigenvalue weighted by Gasteiger charge is 2.13. The lowest BCUT2D eigenvalue weighted by Gasteiger charge is -2.12. The Hall–Kier alpha value is -0.940. The third kappa shape index (κ3) is 3.38. The van der Waals surface area contributed by atoms with Crippen LogP contribution in [0.2, 0.25) is 0 Å². The molecule has 0 aliphatic carbocycles. The number of aryl methyl sites for hydroxylation is 1. The van der Waals surface area contributed by atoms with Crippen molar-refractivity contribution in [2.45, 2.75) is 18.9 Å². The van der Waals surface area contributed by atoms with Crippen LogP contribution in [0, 0.1) is 18.6 Å². The van der Waals surface area contributed by atoms with Crippen molar-refractivity contribution in [3.63, 3.8) is 0 Å². The molecule has 0 atom stereocenters. The molecule has 0 spiro atoms. The normalized spacial score (nSPS) is 10.7. The van der Waals surface area contributed by atoms with Gasteiger partial charge in [-0.3, -0.25) is 0 Å². The van der Waals surface area contributed by atoms with Gasteiger partial charge in [0.1, 0.15) is 24.0 Å². The van der Waals surface area contributed by atoms with Gasteiger partial charge in [0, 0.05) is 10.9 Å². The van der Waals surface area contributed by atoms with E-state index in [0.717, 1.165) is 11.1 Å². The van der Waals surface area contributed by atoms with E-state index in [0.29, 0.717) is 11.1 Å². The van der Waals surface area contributed by atoms with Crippen LogP contribution in [-0.2, 0) is 11.9 Å². The summed E-state index contributed by atoms with van der Waals surface area (Å²) in [6.45, 7) is 1.82. The standard InChI is InChI=1S/C15H12Br2F2O/c1-9-2-5-14(10(6-9)7-16)20-8-11-13(18)4-3-12(17)15(11)19/h2-6H,7-8H2,1H3. The highest BCUT2D eigenvalue weighted by molar-refractivity contribution is 9.10. The molecule has 0 radical (unpaired) electrons. The Morgan fingerprint density at radius 1 is 1.15 bits per heavy atom. The molecule has 0 aliphatic heterocycles. The summed E-state index contributed by atoms with van der Waals surface area (Å²) in [5.74, 6) is -0.623. The summed E-state index contributed by atoms with van der Waals surface area (Å²) < 4.78 is 33.2. The number of hydrogen-bond donors (Lipinski definition) is 0. The Kier molecular flexibility index (Phi) is 5.16. The van der Waals surface area contributed by atoms with Crippen molar-refractivity contribution >= 4 is 31.9 Å². The molecular formula is C15H12Br2F2O. The second-order valence-corrected chi connectivity index (χ2v) is 5.77. The molecule has 0 aliphatic rings. The van der Waals surface area contributed by atoms with E-state index in [1.165, 1.54) is 12.1 Å². The first-order chi connectivity index (χ1) is 9.52. The SMILES string of the molecule is Cc1ccc(OCc2c(F)ccc(Br)c2F)c(CBr)c1. The van der Waals surface area contributed by atoms with Crippen LogP contribution in [0.5, 0.6) is 5.75 Å². The van der Waals surface area contributed by atoms with Crippen molar-refractivity contribution in [3.05, 3.63) is 63.1 Å². The van der Waals surface area contributed by atoms with Crippen LogP contribution in [-0.4, -0.2) is 0 Å². The first kappa shape index (κ1) is 15.4. The van der Waals surface area contributed by atoms with E-state index in [1.807, 2.05) is 19.1 Å². The van der Waals surface area contributed by atoms with Crippen molar-refractivity contribution in [1.82, 2.24) is 0 Å². The van der Waals surface area contributed by atoms with Gasteiger partial charge < -0.3 is 4.74 Å². The lowest BCUT2D eigenvalue weighted by molar-refractivity contribution is 0.290. The van der Waals surface area contributed by atoms with Gasteiger partial charge in [-0.05, 0) is 41.1 Å². The molecule has 2 rings (SSSR count). The van der Waals surface area contributed by atoms with Crippen LogP contribution in [0.15, 0.2) is 34.8 Å². The molecule has 2 aromatic carbocycles. The van der Waals surface area contributed by atoms with Gasteiger partial charge >= 0.3 is 0 Å².